The molecule has 1 amide bonds. The van der Waals surface area contributed by atoms with E-state index in [0.29, 0.717) is 0 Å². The maximum atomic E-state index is 11.7. The van der Waals surface area contributed by atoms with Crippen LogP contribution in [0.4, 0.5) is 4.79 Å². The van der Waals surface area contributed by atoms with E-state index >= 15 is 0 Å². The fourth-order valence-corrected chi connectivity index (χ4v) is 2.75. The molecule has 4 heteroatoms. The highest BCUT2D eigenvalue weighted by atomic mass is 16.6. The van der Waals surface area contributed by atoms with Crippen LogP contribution in [0.1, 0.15) is 40.5 Å². The van der Waals surface area contributed by atoms with Crippen molar-refractivity contribution < 1.29 is 14.3 Å². The van der Waals surface area contributed by atoms with Crippen molar-refractivity contribution in [3.8, 4) is 0 Å². The van der Waals surface area contributed by atoms with E-state index in [2.05, 4.69) is 0 Å². The summed E-state index contributed by atoms with van der Waals surface area (Å²) in [6, 6.07) is 0. The summed E-state index contributed by atoms with van der Waals surface area (Å²) in [5.41, 5.74) is -0.200. The Morgan fingerprint density at radius 2 is 1.76 bits per heavy atom. The van der Waals surface area contributed by atoms with Gasteiger partial charge in [0.15, 0.2) is 0 Å². The summed E-state index contributed by atoms with van der Waals surface area (Å²) in [4.78, 5) is 24.6. The van der Waals surface area contributed by atoms with Crippen molar-refractivity contribution in [1.29, 1.82) is 0 Å². The van der Waals surface area contributed by atoms with Crippen LogP contribution in [-0.4, -0.2) is 35.5 Å². The van der Waals surface area contributed by atoms with Gasteiger partial charge in [0.1, 0.15) is 11.4 Å². The van der Waals surface area contributed by atoms with Gasteiger partial charge in [-0.3, -0.25) is 4.79 Å². The summed E-state index contributed by atoms with van der Waals surface area (Å²) in [6.07, 6.45) is 1.66. The van der Waals surface area contributed by atoms with E-state index in [9.17, 15) is 9.59 Å². The molecule has 2 rings (SSSR count). The molecular weight excluding hydrogens is 218 g/mol. The molecule has 0 N–H and O–H groups in total. The van der Waals surface area contributed by atoms with Crippen molar-refractivity contribution in [3.63, 3.8) is 0 Å². The molecule has 96 valence electrons. The maximum absolute atomic E-state index is 11.7. The van der Waals surface area contributed by atoms with Gasteiger partial charge in [0, 0.05) is 24.4 Å². The van der Waals surface area contributed by atoms with Gasteiger partial charge >= 0.3 is 6.09 Å². The summed E-state index contributed by atoms with van der Waals surface area (Å²) >= 11 is 0. The first kappa shape index (κ1) is 12.4. The molecule has 1 aliphatic heterocycles. The lowest BCUT2D eigenvalue weighted by Crippen LogP contribution is -2.64. The smallest absolute Gasteiger partial charge is 0.410 e. The van der Waals surface area contributed by atoms with Gasteiger partial charge in [0.05, 0.1) is 0 Å². The summed E-state index contributed by atoms with van der Waals surface area (Å²) in [6.45, 7) is 8.78. The van der Waals surface area contributed by atoms with E-state index in [1.807, 2.05) is 20.8 Å². The number of rotatable bonds is 1. The van der Waals surface area contributed by atoms with Gasteiger partial charge in [-0.15, -0.1) is 0 Å². The minimum Gasteiger partial charge on any atom is -0.444 e. The zero-order chi connectivity index (χ0) is 12.8. The number of amides is 1. The normalized spacial score (nSPS) is 22.9. The third kappa shape index (κ3) is 2.45. The van der Waals surface area contributed by atoms with E-state index in [1.54, 1.807) is 11.8 Å². The Labute approximate surface area is 102 Å². The number of likely N-dealkylation sites (tertiary alicyclic amines) is 1. The number of carbonyl (C=O) groups excluding carboxylic acids is 2. The van der Waals surface area contributed by atoms with Gasteiger partial charge in [0.25, 0.3) is 0 Å². The largest absolute Gasteiger partial charge is 0.444 e. The Bertz CT molecular complexity index is 342. The topological polar surface area (TPSA) is 46.6 Å². The predicted molar refractivity (Wildman–Crippen MR) is 63.6 cm³/mol. The van der Waals surface area contributed by atoms with Crippen LogP contribution >= 0.6 is 0 Å². The molecule has 2 aliphatic rings. The molecule has 4 nitrogen and oxygen atoms in total. The van der Waals surface area contributed by atoms with Crippen LogP contribution in [-0.2, 0) is 9.53 Å². The number of ketones is 1. The zero-order valence-corrected chi connectivity index (χ0v) is 11.1. The molecule has 0 atom stereocenters. The second kappa shape index (κ2) is 3.72. The Morgan fingerprint density at radius 1 is 1.24 bits per heavy atom. The molecule has 0 aromatic heterocycles. The Balaban J connectivity index is 1.77. The predicted octanol–water partition coefficient (Wildman–Crippen LogP) is 2.22. The molecule has 17 heavy (non-hydrogen) atoms. The maximum Gasteiger partial charge on any atom is 0.410 e. The molecule has 1 saturated carbocycles. The summed E-state index contributed by atoms with van der Waals surface area (Å²) in [7, 11) is 0. The Kier molecular flexibility index (Phi) is 2.71. The lowest BCUT2D eigenvalue weighted by molar-refractivity contribution is -0.138. The van der Waals surface area contributed by atoms with Crippen molar-refractivity contribution in [2.45, 2.75) is 46.1 Å². The quantitative estimate of drug-likeness (QED) is 0.705. The van der Waals surface area contributed by atoms with Crippen molar-refractivity contribution in [1.82, 2.24) is 4.90 Å². The molecule has 0 bridgehead atoms. The molecule has 1 aliphatic carbocycles. The number of nitrogens with zero attached hydrogens (tertiary/aromatic N) is 1. The van der Waals surface area contributed by atoms with E-state index in [1.165, 1.54) is 0 Å². The van der Waals surface area contributed by atoms with Crippen LogP contribution in [0.15, 0.2) is 0 Å². The van der Waals surface area contributed by atoms with E-state index < -0.39 is 5.60 Å². The van der Waals surface area contributed by atoms with Gasteiger partial charge in [-0.1, -0.05) is 0 Å². The lowest BCUT2D eigenvalue weighted by Gasteiger charge is -2.58. The average molecular weight is 239 g/mol. The molecular formula is C13H21NO3. The number of hydrogen-bond donors (Lipinski definition) is 0. The van der Waals surface area contributed by atoms with Gasteiger partial charge in [-0.05, 0) is 40.5 Å². The molecule has 2 fully saturated rings. The second-order valence-corrected chi connectivity index (χ2v) is 6.55. The van der Waals surface area contributed by atoms with E-state index in [4.69, 9.17) is 4.74 Å². The third-order valence-electron chi connectivity index (χ3n) is 3.64. The zero-order valence-electron chi connectivity index (χ0n) is 11.1. The van der Waals surface area contributed by atoms with Crippen LogP contribution in [0.5, 0.6) is 0 Å². The molecule has 0 aromatic rings. The standard InChI is InChI=1S/C13H21NO3/c1-9(15)10-5-13(6-10)7-14(8-13)11(16)17-12(2,3)4/h10H,5-8H2,1-4H3. The number of ether oxygens (including phenoxy) is 1. The van der Waals surface area contributed by atoms with Crippen LogP contribution in [0.25, 0.3) is 0 Å². The lowest BCUT2D eigenvalue weighted by atomic mass is 9.57. The molecule has 1 saturated heterocycles. The summed E-state index contributed by atoms with van der Waals surface area (Å²) < 4.78 is 5.30. The Hall–Kier alpha value is -1.06. The third-order valence-corrected chi connectivity index (χ3v) is 3.64. The Morgan fingerprint density at radius 3 is 2.18 bits per heavy atom. The first-order chi connectivity index (χ1) is 7.71. The van der Waals surface area contributed by atoms with Crippen molar-refractivity contribution in [3.05, 3.63) is 0 Å². The highest BCUT2D eigenvalue weighted by Crippen LogP contribution is 2.52. The fourth-order valence-electron chi connectivity index (χ4n) is 2.75. The van der Waals surface area contributed by atoms with Gasteiger partial charge in [-0.2, -0.15) is 0 Å². The highest BCUT2D eigenvalue weighted by Gasteiger charge is 2.55. The summed E-state index contributed by atoms with van der Waals surface area (Å²) in [5.74, 6) is 0.516. The van der Waals surface area contributed by atoms with Crippen LogP contribution < -0.4 is 0 Å². The minimum absolute atomic E-state index is 0.227. The summed E-state index contributed by atoms with van der Waals surface area (Å²) in [5, 5.41) is 0. The SMILES string of the molecule is CC(=O)C1CC2(C1)CN(C(=O)OC(C)(C)C)C2. The van der Waals surface area contributed by atoms with Gasteiger partial charge in [-0.25, -0.2) is 4.79 Å². The average Bonchev–Trinajstić information content (AvgIpc) is 1.93. The second-order valence-electron chi connectivity index (χ2n) is 6.55. The number of carbonyl (C=O) groups is 2. The molecule has 1 spiro atoms. The first-order valence-electron chi connectivity index (χ1n) is 6.19. The molecule has 0 radical (unpaired) electrons. The first-order valence-corrected chi connectivity index (χ1v) is 6.19. The van der Waals surface area contributed by atoms with Gasteiger partial charge in [0.2, 0.25) is 0 Å². The molecule has 0 unspecified atom stereocenters. The van der Waals surface area contributed by atoms with Crippen LogP contribution in [0, 0.1) is 11.3 Å². The highest BCUT2D eigenvalue weighted by molar-refractivity contribution is 5.80. The van der Waals surface area contributed by atoms with Gasteiger partial charge < -0.3 is 9.64 Å². The van der Waals surface area contributed by atoms with Crippen LogP contribution in [0.3, 0.4) is 0 Å². The monoisotopic (exact) mass is 239 g/mol. The molecule has 0 aromatic carbocycles. The minimum atomic E-state index is -0.429. The van der Waals surface area contributed by atoms with Crippen molar-refractivity contribution >= 4 is 11.9 Å². The van der Waals surface area contributed by atoms with E-state index in [0.717, 1.165) is 25.9 Å². The molecule has 1 heterocycles. The van der Waals surface area contributed by atoms with Crippen molar-refractivity contribution in [2.75, 3.05) is 13.1 Å². The number of Topliss-reactive ketones (excluding diaryl/α,β-unsaturated/α-hetero) is 1. The van der Waals surface area contributed by atoms with Crippen LogP contribution in [0.2, 0.25) is 0 Å². The van der Waals surface area contributed by atoms with E-state index in [-0.39, 0.29) is 23.2 Å². The number of hydrogen-bond acceptors (Lipinski definition) is 3. The fraction of sp³-hybridized carbons (Fsp3) is 0.846. The van der Waals surface area contributed by atoms with Crippen molar-refractivity contribution in [2.24, 2.45) is 11.3 Å².